The minimum atomic E-state index is -3.19. The van der Waals surface area contributed by atoms with Crippen molar-refractivity contribution in [1.82, 2.24) is 14.6 Å². The standard InChI is InChI=1S/C23H27N3O3S2/c1-23(17-8-4-3-5-9-17,16-21-25-19-10-6-7-11-20(19)30-21)22(27)24-18-12-14-26(15-13-18)31(2,28)29/h3-11,18H,12-16H2,1-2H3,(H,24,27)/t23-/m0/s1. The Morgan fingerprint density at radius 1 is 1.13 bits per heavy atom. The van der Waals surface area contributed by atoms with Gasteiger partial charge in [0.25, 0.3) is 0 Å². The number of fused-ring (bicyclic) bond motifs is 1. The number of hydrogen-bond donors (Lipinski definition) is 1. The fourth-order valence-electron chi connectivity index (χ4n) is 4.09. The summed E-state index contributed by atoms with van der Waals surface area (Å²) >= 11 is 1.62. The second kappa shape index (κ2) is 8.68. The van der Waals surface area contributed by atoms with Gasteiger partial charge in [-0.1, -0.05) is 42.5 Å². The molecule has 164 valence electrons. The zero-order valence-corrected chi connectivity index (χ0v) is 19.4. The molecule has 8 heteroatoms. The molecule has 0 radical (unpaired) electrons. The lowest BCUT2D eigenvalue weighted by Gasteiger charge is -2.34. The molecule has 3 aromatic rings. The van der Waals surface area contributed by atoms with E-state index in [2.05, 4.69) is 5.32 Å². The molecule has 1 aromatic heterocycles. The van der Waals surface area contributed by atoms with E-state index in [9.17, 15) is 13.2 Å². The Balaban J connectivity index is 1.55. The first-order chi connectivity index (χ1) is 14.8. The van der Waals surface area contributed by atoms with Gasteiger partial charge in [0.15, 0.2) is 0 Å². The molecule has 1 saturated heterocycles. The molecule has 1 aliphatic heterocycles. The molecule has 1 atom stereocenters. The Kier molecular flexibility index (Phi) is 6.14. The van der Waals surface area contributed by atoms with Crippen molar-refractivity contribution in [2.75, 3.05) is 19.3 Å². The quantitative estimate of drug-likeness (QED) is 0.616. The Labute approximate surface area is 187 Å². The average molecular weight is 458 g/mol. The normalized spacial score (nSPS) is 18.0. The van der Waals surface area contributed by atoms with E-state index in [-0.39, 0.29) is 11.9 Å². The Bertz CT molecular complexity index is 1140. The van der Waals surface area contributed by atoms with E-state index >= 15 is 0 Å². The first-order valence-corrected chi connectivity index (χ1v) is 13.1. The van der Waals surface area contributed by atoms with Crippen molar-refractivity contribution < 1.29 is 13.2 Å². The van der Waals surface area contributed by atoms with Gasteiger partial charge in [0.2, 0.25) is 15.9 Å². The van der Waals surface area contributed by atoms with Gasteiger partial charge in [-0.15, -0.1) is 11.3 Å². The van der Waals surface area contributed by atoms with Gasteiger partial charge >= 0.3 is 0 Å². The molecule has 31 heavy (non-hydrogen) atoms. The number of aromatic nitrogens is 1. The molecular weight excluding hydrogens is 430 g/mol. The molecule has 1 N–H and O–H groups in total. The van der Waals surface area contributed by atoms with E-state index in [1.165, 1.54) is 10.6 Å². The molecular formula is C23H27N3O3S2. The summed E-state index contributed by atoms with van der Waals surface area (Å²) in [5.41, 5.74) is 1.12. The summed E-state index contributed by atoms with van der Waals surface area (Å²) in [5, 5.41) is 4.13. The summed E-state index contributed by atoms with van der Waals surface area (Å²) in [5.74, 6) is -0.0456. The van der Waals surface area contributed by atoms with E-state index in [4.69, 9.17) is 4.98 Å². The van der Waals surface area contributed by atoms with Crippen molar-refractivity contribution in [3.8, 4) is 0 Å². The third kappa shape index (κ3) is 4.81. The maximum atomic E-state index is 13.6. The monoisotopic (exact) mass is 457 g/mol. The highest BCUT2D eigenvalue weighted by atomic mass is 32.2. The van der Waals surface area contributed by atoms with Crippen molar-refractivity contribution in [2.24, 2.45) is 0 Å². The predicted molar refractivity (Wildman–Crippen MR) is 125 cm³/mol. The minimum Gasteiger partial charge on any atom is -0.352 e. The summed E-state index contributed by atoms with van der Waals surface area (Å²) in [6.07, 6.45) is 2.97. The number of amides is 1. The molecule has 0 aliphatic carbocycles. The molecule has 6 nitrogen and oxygen atoms in total. The van der Waals surface area contributed by atoms with Crippen LogP contribution in [0.1, 0.15) is 30.3 Å². The second-order valence-corrected chi connectivity index (χ2v) is 11.5. The van der Waals surface area contributed by atoms with Crippen LogP contribution >= 0.6 is 11.3 Å². The molecule has 2 heterocycles. The van der Waals surface area contributed by atoms with Crippen LogP contribution in [0.4, 0.5) is 0 Å². The van der Waals surface area contributed by atoms with Crippen LogP contribution in [0.2, 0.25) is 0 Å². The zero-order valence-electron chi connectivity index (χ0n) is 17.7. The van der Waals surface area contributed by atoms with Crippen LogP contribution in [0, 0.1) is 0 Å². The smallest absolute Gasteiger partial charge is 0.231 e. The number of carbonyl (C=O) groups excluding carboxylic acids is 1. The second-order valence-electron chi connectivity index (χ2n) is 8.36. The number of nitrogens with one attached hydrogen (secondary N) is 1. The van der Waals surface area contributed by atoms with Crippen molar-refractivity contribution >= 4 is 37.5 Å². The summed E-state index contributed by atoms with van der Waals surface area (Å²) < 4.78 is 26.1. The van der Waals surface area contributed by atoms with E-state index in [0.29, 0.717) is 32.4 Å². The van der Waals surface area contributed by atoms with Gasteiger partial charge in [-0.25, -0.2) is 17.7 Å². The van der Waals surface area contributed by atoms with Crippen LogP contribution < -0.4 is 5.32 Å². The largest absolute Gasteiger partial charge is 0.352 e. The zero-order chi connectivity index (χ0) is 22.1. The van der Waals surface area contributed by atoms with Gasteiger partial charge < -0.3 is 5.32 Å². The third-order valence-electron chi connectivity index (χ3n) is 6.01. The number of carbonyl (C=O) groups is 1. The van der Waals surface area contributed by atoms with E-state index in [1.54, 1.807) is 11.3 Å². The molecule has 0 spiro atoms. The van der Waals surface area contributed by atoms with Crippen molar-refractivity contribution in [2.45, 2.75) is 37.6 Å². The summed E-state index contributed by atoms with van der Waals surface area (Å²) in [4.78, 5) is 18.3. The maximum Gasteiger partial charge on any atom is 0.231 e. The number of rotatable bonds is 6. The van der Waals surface area contributed by atoms with Gasteiger partial charge in [-0.3, -0.25) is 4.79 Å². The Hall–Kier alpha value is -2.29. The van der Waals surface area contributed by atoms with Crippen molar-refractivity contribution in [1.29, 1.82) is 0 Å². The SMILES string of the molecule is C[C@@](Cc1nc2ccccc2s1)(C(=O)NC1CCN(S(C)(=O)=O)CC1)c1ccccc1. The topological polar surface area (TPSA) is 79.4 Å². The first kappa shape index (κ1) is 21.9. The molecule has 1 amide bonds. The molecule has 2 aromatic carbocycles. The third-order valence-corrected chi connectivity index (χ3v) is 8.35. The number of benzene rings is 2. The van der Waals surface area contributed by atoms with E-state index in [0.717, 1.165) is 20.8 Å². The van der Waals surface area contributed by atoms with Gasteiger partial charge in [-0.05, 0) is 37.5 Å². The lowest BCUT2D eigenvalue weighted by molar-refractivity contribution is -0.127. The number of piperidine rings is 1. The van der Waals surface area contributed by atoms with Gasteiger partial charge in [0.05, 0.1) is 26.9 Å². The number of nitrogens with zero attached hydrogens (tertiary/aromatic N) is 2. The number of para-hydroxylation sites is 1. The van der Waals surface area contributed by atoms with E-state index in [1.807, 2.05) is 61.5 Å². The van der Waals surface area contributed by atoms with Crippen molar-refractivity contribution in [3.63, 3.8) is 0 Å². The average Bonchev–Trinajstić information content (AvgIpc) is 3.16. The van der Waals surface area contributed by atoms with Crippen LogP contribution in [-0.2, 0) is 26.7 Å². The number of hydrogen-bond acceptors (Lipinski definition) is 5. The first-order valence-electron chi connectivity index (χ1n) is 10.4. The van der Waals surface area contributed by atoms with Crippen LogP contribution in [-0.4, -0.2) is 49.0 Å². The molecule has 1 aliphatic rings. The highest BCUT2D eigenvalue weighted by Crippen LogP contribution is 2.32. The summed E-state index contributed by atoms with van der Waals surface area (Å²) in [6, 6.07) is 17.8. The van der Waals surface area contributed by atoms with Crippen LogP contribution in [0.25, 0.3) is 10.2 Å². The number of thiazole rings is 1. The Morgan fingerprint density at radius 2 is 1.77 bits per heavy atom. The van der Waals surface area contributed by atoms with Crippen LogP contribution in [0.5, 0.6) is 0 Å². The van der Waals surface area contributed by atoms with Gasteiger partial charge in [0.1, 0.15) is 0 Å². The van der Waals surface area contributed by atoms with Crippen LogP contribution in [0.3, 0.4) is 0 Å². The summed E-state index contributed by atoms with van der Waals surface area (Å²) in [6.45, 7) is 2.84. The lowest BCUT2D eigenvalue weighted by Crippen LogP contribution is -2.51. The maximum absolute atomic E-state index is 13.6. The lowest BCUT2D eigenvalue weighted by atomic mass is 9.78. The molecule has 0 unspecified atom stereocenters. The highest BCUT2D eigenvalue weighted by Gasteiger charge is 2.38. The Morgan fingerprint density at radius 3 is 2.42 bits per heavy atom. The summed E-state index contributed by atoms with van der Waals surface area (Å²) in [7, 11) is -3.19. The molecule has 1 fully saturated rings. The fourth-order valence-corrected chi connectivity index (χ4v) is 6.09. The van der Waals surface area contributed by atoms with E-state index < -0.39 is 15.4 Å². The van der Waals surface area contributed by atoms with Crippen LogP contribution in [0.15, 0.2) is 54.6 Å². The van der Waals surface area contributed by atoms with Gasteiger partial charge in [0, 0.05) is 25.6 Å². The molecule has 0 bridgehead atoms. The predicted octanol–water partition coefficient (Wildman–Crippen LogP) is 3.34. The fraction of sp³-hybridized carbons (Fsp3) is 0.391. The minimum absolute atomic E-state index is 0.0381. The molecule has 0 saturated carbocycles. The molecule has 4 rings (SSSR count). The van der Waals surface area contributed by atoms with Crippen molar-refractivity contribution in [3.05, 3.63) is 65.2 Å². The van der Waals surface area contributed by atoms with Gasteiger partial charge in [-0.2, -0.15) is 0 Å². The highest BCUT2D eigenvalue weighted by molar-refractivity contribution is 7.88. The number of sulfonamides is 1.